The summed E-state index contributed by atoms with van der Waals surface area (Å²) in [6, 6.07) is 11.9. The van der Waals surface area contributed by atoms with Gasteiger partial charge in [0.25, 0.3) is 0 Å². The van der Waals surface area contributed by atoms with Crippen LogP contribution in [0.5, 0.6) is 5.75 Å². The molecule has 120 valence electrons. The molecule has 0 aliphatic carbocycles. The lowest BCUT2D eigenvalue weighted by atomic mass is 10.1. The first-order valence-corrected chi connectivity index (χ1v) is 7.64. The van der Waals surface area contributed by atoms with Gasteiger partial charge in [-0.15, -0.1) is 0 Å². The van der Waals surface area contributed by atoms with Crippen molar-refractivity contribution in [2.75, 3.05) is 30.4 Å². The monoisotopic (exact) mass is 314 g/mol. The van der Waals surface area contributed by atoms with E-state index in [0.717, 1.165) is 29.2 Å². The summed E-state index contributed by atoms with van der Waals surface area (Å²) in [5, 5.41) is 2.90. The van der Waals surface area contributed by atoms with Gasteiger partial charge in [-0.2, -0.15) is 0 Å². The van der Waals surface area contributed by atoms with Crippen LogP contribution in [-0.2, 0) is 11.2 Å². The molecule has 1 aliphatic heterocycles. The molecule has 1 N–H and O–H groups in total. The van der Waals surface area contributed by atoms with Crippen molar-refractivity contribution in [2.24, 2.45) is 0 Å². The number of benzene rings is 2. The van der Waals surface area contributed by atoms with E-state index in [1.54, 1.807) is 12.1 Å². The molecular weight excluding hydrogens is 295 g/mol. The maximum Gasteiger partial charge on any atom is 0.224 e. The average molecular weight is 314 g/mol. The van der Waals surface area contributed by atoms with Gasteiger partial charge in [-0.25, -0.2) is 4.39 Å². The van der Waals surface area contributed by atoms with Gasteiger partial charge in [-0.1, -0.05) is 12.1 Å². The van der Waals surface area contributed by atoms with Crippen molar-refractivity contribution in [1.29, 1.82) is 0 Å². The van der Waals surface area contributed by atoms with Gasteiger partial charge in [0.2, 0.25) is 5.91 Å². The van der Waals surface area contributed by atoms with Crippen LogP contribution in [0.3, 0.4) is 0 Å². The van der Waals surface area contributed by atoms with Crippen LogP contribution < -0.4 is 15.0 Å². The molecule has 0 bridgehead atoms. The standard InChI is InChI=1S/C18H19FN2O2/c1-21-10-11-23-17-8-7-15(12-16(17)21)20-18(22)9-4-13-2-5-14(19)6-3-13/h2-3,5-8,12H,4,9-11H2,1H3,(H,20,22). The van der Waals surface area contributed by atoms with Crippen molar-refractivity contribution in [3.8, 4) is 5.75 Å². The molecule has 1 aliphatic rings. The van der Waals surface area contributed by atoms with Crippen molar-refractivity contribution in [2.45, 2.75) is 12.8 Å². The van der Waals surface area contributed by atoms with Crippen LogP contribution in [0.25, 0.3) is 0 Å². The summed E-state index contributed by atoms with van der Waals surface area (Å²) in [5.41, 5.74) is 2.68. The molecule has 0 radical (unpaired) electrons. The third-order valence-electron chi connectivity index (χ3n) is 3.89. The number of carbonyl (C=O) groups is 1. The van der Waals surface area contributed by atoms with Gasteiger partial charge < -0.3 is 15.0 Å². The van der Waals surface area contributed by atoms with E-state index in [0.29, 0.717) is 19.4 Å². The highest BCUT2D eigenvalue weighted by atomic mass is 19.1. The maximum absolute atomic E-state index is 12.8. The molecule has 0 saturated heterocycles. The molecule has 0 atom stereocenters. The fraction of sp³-hybridized carbons (Fsp3) is 0.278. The lowest BCUT2D eigenvalue weighted by Gasteiger charge is -2.28. The Balaban J connectivity index is 1.59. The number of ether oxygens (including phenoxy) is 1. The zero-order valence-electron chi connectivity index (χ0n) is 13.0. The summed E-state index contributed by atoms with van der Waals surface area (Å²) in [4.78, 5) is 14.2. The third kappa shape index (κ3) is 3.80. The largest absolute Gasteiger partial charge is 0.490 e. The number of amides is 1. The molecule has 2 aromatic rings. The smallest absolute Gasteiger partial charge is 0.224 e. The molecule has 4 nitrogen and oxygen atoms in total. The van der Waals surface area contributed by atoms with Gasteiger partial charge in [0.1, 0.15) is 18.2 Å². The number of carbonyl (C=O) groups excluding carboxylic acids is 1. The summed E-state index contributed by atoms with van der Waals surface area (Å²) in [6.45, 7) is 1.50. The summed E-state index contributed by atoms with van der Waals surface area (Å²) in [5.74, 6) is 0.510. The predicted molar refractivity (Wildman–Crippen MR) is 88.6 cm³/mol. The van der Waals surface area contributed by atoms with Gasteiger partial charge in [0, 0.05) is 19.2 Å². The maximum atomic E-state index is 12.8. The number of nitrogens with zero attached hydrogens (tertiary/aromatic N) is 1. The fourth-order valence-electron chi connectivity index (χ4n) is 2.56. The number of anilines is 2. The Kier molecular flexibility index (Phi) is 4.46. The minimum Gasteiger partial charge on any atom is -0.490 e. The van der Waals surface area contributed by atoms with Crippen LogP contribution in [-0.4, -0.2) is 26.1 Å². The van der Waals surface area contributed by atoms with E-state index in [-0.39, 0.29) is 11.7 Å². The van der Waals surface area contributed by atoms with Gasteiger partial charge in [-0.3, -0.25) is 4.79 Å². The number of nitrogens with one attached hydrogen (secondary N) is 1. The molecule has 23 heavy (non-hydrogen) atoms. The van der Waals surface area contributed by atoms with Gasteiger partial charge in [0.05, 0.1) is 12.2 Å². The van der Waals surface area contributed by atoms with Crippen molar-refractivity contribution in [3.05, 3.63) is 53.8 Å². The Morgan fingerprint density at radius 2 is 2.04 bits per heavy atom. The molecule has 5 heteroatoms. The van der Waals surface area contributed by atoms with E-state index in [2.05, 4.69) is 10.2 Å². The number of aryl methyl sites for hydroxylation is 1. The molecule has 3 rings (SSSR count). The third-order valence-corrected chi connectivity index (χ3v) is 3.89. The minimum atomic E-state index is -0.265. The van der Waals surface area contributed by atoms with Crippen LogP contribution >= 0.6 is 0 Å². The highest BCUT2D eigenvalue weighted by Gasteiger charge is 2.15. The first kappa shape index (κ1) is 15.3. The van der Waals surface area contributed by atoms with Crippen LogP contribution in [0, 0.1) is 5.82 Å². The summed E-state index contributed by atoms with van der Waals surface area (Å²) in [7, 11) is 2.00. The second-order valence-electron chi connectivity index (χ2n) is 5.63. The number of likely N-dealkylation sites (N-methyl/N-ethyl adjacent to an activating group) is 1. The molecule has 0 saturated carbocycles. The predicted octanol–water partition coefficient (Wildman–Crippen LogP) is 3.23. The quantitative estimate of drug-likeness (QED) is 0.942. The Bertz CT molecular complexity index is 701. The SMILES string of the molecule is CN1CCOc2ccc(NC(=O)CCc3ccc(F)cc3)cc21. The van der Waals surface area contributed by atoms with Crippen LogP contribution in [0.2, 0.25) is 0 Å². The topological polar surface area (TPSA) is 41.6 Å². The number of hydrogen-bond acceptors (Lipinski definition) is 3. The van der Waals surface area contributed by atoms with Gasteiger partial charge in [-0.05, 0) is 42.3 Å². The average Bonchev–Trinajstić information content (AvgIpc) is 2.55. The van der Waals surface area contributed by atoms with Crippen molar-refractivity contribution in [1.82, 2.24) is 0 Å². The van der Waals surface area contributed by atoms with Crippen LogP contribution in [0.15, 0.2) is 42.5 Å². The Hall–Kier alpha value is -2.56. The lowest BCUT2D eigenvalue weighted by molar-refractivity contribution is -0.116. The van der Waals surface area contributed by atoms with Gasteiger partial charge >= 0.3 is 0 Å². The lowest BCUT2D eigenvalue weighted by Crippen LogP contribution is -2.28. The molecule has 2 aromatic carbocycles. The minimum absolute atomic E-state index is 0.0614. The Labute approximate surface area is 134 Å². The first-order chi connectivity index (χ1) is 11.1. The number of halogens is 1. The van der Waals surface area contributed by atoms with E-state index < -0.39 is 0 Å². The summed E-state index contributed by atoms with van der Waals surface area (Å²) < 4.78 is 18.4. The van der Waals surface area contributed by atoms with Crippen LogP contribution in [0.4, 0.5) is 15.8 Å². The number of rotatable bonds is 4. The van der Waals surface area contributed by atoms with E-state index in [1.165, 1.54) is 12.1 Å². The van der Waals surface area contributed by atoms with Gasteiger partial charge in [0.15, 0.2) is 0 Å². The summed E-state index contributed by atoms with van der Waals surface area (Å²) in [6.07, 6.45) is 0.940. The first-order valence-electron chi connectivity index (χ1n) is 7.64. The normalized spacial score (nSPS) is 13.2. The molecule has 0 unspecified atom stereocenters. The fourth-order valence-corrected chi connectivity index (χ4v) is 2.56. The molecule has 1 heterocycles. The number of hydrogen-bond donors (Lipinski definition) is 1. The van der Waals surface area contributed by atoms with E-state index in [9.17, 15) is 9.18 Å². The Morgan fingerprint density at radius 1 is 1.26 bits per heavy atom. The Morgan fingerprint density at radius 3 is 2.83 bits per heavy atom. The molecular formula is C18H19FN2O2. The van der Waals surface area contributed by atoms with Crippen molar-refractivity contribution < 1.29 is 13.9 Å². The second-order valence-corrected chi connectivity index (χ2v) is 5.63. The van der Waals surface area contributed by atoms with Crippen LogP contribution in [0.1, 0.15) is 12.0 Å². The zero-order chi connectivity index (χ0) is 16.2. The molecule has 1 amide bonds. The van der Waals surface area contributed by atoms with Crippen molar-refractivity contribution in [3.63, 3.8) is 0 Å². The summed E-state index contributed by atoms with van der Waals surface area (Å²) >= 11 is 0. The van der Waals surface area contributed by atoms with E-state index in [4.69, 9.17) is 4.74 Å². The number of fused-ring (bicyclic) bond motifs is 1. The second kappa shape index (κ2) is 6.69. The zero-order valence-corrected chi connectivity index (χ0v) is 13.0. The van der Waals surface area contributed by atoms with E-state index >= 15 is 0 Å². The van der Waals surface area contributed by atoms with E-state index in [1.807, 2.05) is 25.2 Å². The molecule has 0 aromatic heterocycles. The highest BCUT2D eigenvalue weighted by Crippen LogP contribution is 2.33. The molecule has 0 fully saturated rings. The molecule has 0 spiro atoms. The van der Waals surface area contributed by atoms with Crippen molar-refractivity contribution >= 4 is 17.3 Å². The highest BCUT2D eigenvalue weighted by molar-refractivity contribution is 5.91.